The van der Waals surface area contributed by atoms with Crippen molar-refractivity contribution in [2.75, 3.05) is 6.61 Å². The largest absolute Gasteiger partial charge is 0.480 e. The number of alkyl carbamates (subject to hydrolysis) is 1. The molecule has 1 heterocycles. The van der Waals surface area contributed by atoms with E-state index in [9.17, 15) is 48.0 Å². The first-order chi connectivity index (χ1) is 19.0. The summed E-state index contributed by atoms with van der Waals surface area (Å²) in [6.45, 7) is 13.0. The lowest BCUT2D eigenvalue weighted by Gasteiger charge is -2.27. The number of hydrogen-bond acceptors (Lipinski definition) is 6. The Hall–Kier alpha value is -3.18. The highest BCUT2D eigenvalue weighted by molar-refractivity contribution is 8.13. The number of amides is 1. The van der Waals surface area contributed by atoms with Crippen LogP contribution in [0.5, 0.6) is 0 Å². The normalized spacial score (nSPS) is 12.6. The van der Waals surface area contributed by atoms with Crippen molar-refractivity contribution in [2.45, 2.75) is 63.6 Å². The van der Waals surface area contributed by atoms with Gasteiger partial charge >= 0.3 is 17.1 Å². The molecule has 1 aromatic heterocycles. The standard InChI is InChI=1S/C23H30N2O2.C2F6NO4S2/c1-6-8-19-11-13-25(14-12-19)15-16-27-22(26)24-23(4,5)21-10-7-9-20(17-21)18(2)3;3-1(4,5)14(10,11)9-15(12,13)2(6,7)8/h7,9-14,17H,2,6,8,15-16H2,1,3-5H3;/q;-1/p+1. The minimum atomic E-state index is -6.72. The lowest BCUT2D eigenvalue weighted by molar-refractivity contribution is -0.697. The number of hydrogen-bond donors (Lipinski definition) is 1. The number of aryl methyl sites for hydroxylation is 1. The summed E-state index contributed by atoms with van der Waals surface area (Å²) in [4.78, 5) is 12.2. The van der Waals surface area contributed by atoms with Gasteiger partial charge in [-0.15, -0.1) is 0 Å². The van der Waals surface area contributed by atoms with Gasteiger partial charge in [-0.25, -0.2) is 26.2 Å². The predicted molar refractivity (Wildman–Crippen MR) is 143 cm³/mol. The molecule has 0 radical (unpaired) electrons. The van der Waals surface area contributed by atoms with Crippen LogP contribution in [0, 0.1) is 0 Å². The Labute approximate surface area is 240 Å². The number of carbonyl (C=O) groups is 1. The van der Waals surface area contributed by atoms with Crippen LogP contribution in [0.25, 0.3) is 9.70 Å². The van der Waals surface area contributed by atoms with Gasteiger partial charge < -0.3 is 14.2 Å². The molecule has 9 nitrogen and oxygen atoms in total. The maximum Gasteiger partial charge on any atom is 0.480 e. The van der Waals surface area contributed by atoms with E-state index in [0.717, 1.165) is 33.7 Å². The van der Waals surface area contributed by atoms with E-state index in [1.165, 1.54) is 5.56 Å². The molecule has 0 bridgehead atoms. The number of benzene rings is 1. The first-order valence-electron chi connectivity index (χ1n) is 12.1. The minimum absolute atomic E-state index is 0.325. The number of alkyl halides is 6. The van der Waals surface area contributed by atoms with E-state index in [4.69, 9.17) is 4.74 Å². The van der Waals surface area contributed by atoms with E-state index in [2.05, 4.69) is 37.0 Å². The highest BCUT2D eigenvalue weighted by atomic mass is 32.3. The van der Waals surface area contributed by atoms with Crippen LogP contribution in [0.2, 0.25) is 0 Å². The molecule has 1 amide bonds. The molecule has 0 saturated heterocycles. The van der Waals surface area contributed by atoms with Gasteiger partial charge in [0, 0.05) is 12.1 Å². The number of ether oxygens (including phenoxy) is 1. The van der Waals surface area contributed by atoms with Crippen LogP contribution in [0.15, 0.2) is 55.4 Å². The molecule has 0 spiro atoms. The van der Waals surface area contributed by atoms with E-state index in [1.807, 2.05) is 55.9 Å². The fourth-order valence-electron chi connectivity index (χ4n) is 3.09. The molecule has 2 rings (SSSR count). The van der Waals surface area contributed by atoms with Crippen molar-refractivity contribution >= 4 is 31.7 Å². The Morgan fingerprint density at radius 3 is 1.95 bits per heavy atom. The van der Waals surface area contributed by atoms with Gasteiger partial charge in [0.25, 0.3) is 0 Å². The number of rotatable bonds is 10. The average molecular weight is 648 g/mol. The number of nitrogens with one attached hydrogen (secondary N) is 1. The molecule has 0 aliphatic carbocycles. The van der Waals surface area contributed by atoms with Gasteiger partial charge in [-0.05, 0) is 49.9 Å². The average Bonchev–Trinajstić information content (AvgIpc) is 2.83. The molecule has 0 atom stereocenters. The monoisotopic (exact) mass is 647 g/mol. The number of pyridine rings is 1. The Kier molecular flexibility index (Phi) is 12.6. The molecule has 0 unspecified atom stereocenters. The smallest absolute Gasteiger partial charge is 0.443 e. The van der Waals surface area contributed by atoms with Crippen LogP contribution >= 0.6 is 0 Å². The Morgan fingerprint density at radius 1 is 0.976 bits per heavy atom. The van der Waals surface area contributed by atoms with Gasteiger partial charge in [0.15, 0.2) is 45.6 Å². The van der Waals surface area contributed by atoms with E-state index in [1.54, 1.807) is 0 Å². The summed E-state index contributed by atoms with van der Waals surface area (Å²) in [6, 6.07) is 12.3. The summed E-state index contributed by atoms with van der Waals surface area (Å²) >= 11 is 0. The molecule has 236 valence electrons. The number of nitrogens with zero attached hydrogens (tertiary/aromatic N) is 2. The maximum atomic E-state index is 12.2. The molecule has 42 heavy (non-hydrogen) atoms. The highest BCUT2D eigenvalue weighted by Crippen LogP contribution is 2.36. The van der Waals surface area contributed by atoms with Crippen LogP contribution in [0.1, 0.15) is 50.8 Å². The Bertz CT molecular complexity index is 1400. The number of halogens is 6. The van der Waals surface area contributed by atoms with Crippen LogP contribution < -0.4 is 9.88 Å². The number of carbonyl (C=O) groups excluding carboxylic acids is 1. The van der Waals surface area contributed by atoms with Crippen molar-refractivity contribution in [1.82, 2.24) is 5.32 Å². The van der Waals surface area contributed by atoms with E-state index >= 15 is 0 Å². The maximum absolute atomic E-state index is 12.2. The fourth-order valence-corrected chi connectivity index (χ4v) is 4.80. The second-order valence-electron chi connectivity index (χ2n) is 9.36. The van der Waals surface area contributed by atoms with Gasteiger partial charge in [0.05, 0.1) is 5.54 Å². The summed E-state index contributed by atoms with van der Waals surface area (Å²) in [5.41, 5.74) is -8.53. The van der Waals surface area contributed by atoms with Crippen molar-refractivity contribution in [3.05, 3.63) is 76.2 Å². The number of sulfonamides is 2. The molecule has 0 fully saturated rings. The van der Waals surface area contributed by atoms with Gasteiger partial charge in [-0.2, -0.15) is 26.3 Å². The molecule has 2 aromatic rings. The Balaban J connectivity index is 0.000000501. The fraction of sp³-hybridized carbons (Fsp3) is 0.440. The Morgan fingerprint density at radius 2 is 1.50 bits per heavy atom. The zero-order valence-corrected chi connectivity index (χ0v) is 24.7. The molecular formula is C25H31F6N3O6S2. The van der Waals surface area contributed by atoms with E-state index in [0.29, 0.717) is 13.2 Å². The van der Waals surface area contributed by atoms with E-state index < -0.39 is 42.7 Å². The third-order valence-electron chi connectivity index (χ3n) is 5.35. The van der Waals surface area contributed by atoms with Crippen molar-refractivity contribution in [1.29, 1.82) is 0 Å². The summed E-state index contributed by atoms with van der Waals surface area (Å²) in [7, 11) is -13.4. The summed E-state index contributed by atoms with van der Waals surface area (Å²) in [5, 5.41) is 2.95. The molecule has 1 aromatic carbocycles. The zero-order chi connectivity index (χ0) is 32.6. The zero-order valence-electron chi connectivity index (χ0n) is 23.1. The number of allylic oxidation sites excluding steroid dienone is 1. The third-order valence-corrected chi connectivity index (χ3v) is 8.09. The van der Waals surface area contributed by atoms with Crippen molar-refractivity contribution in [3.8, 4) is 0 Å². The van der Waals surface area contributed by atoms with Gasteiger partial charge in [0.1, 0.15) is 0 Å². The van der Waals surface area contributed by atoms with Gasteiger partial charge in [0.2, 0.25) is 0 Å². The van der Waals surface area contributed by atoms with Crippen molar-refractivity contribution < 1.29 is 57.3 Å². The third kappa shape index (κ3) is 11.2. The van der Waals surface area contributed by atoms with E-state index in [-0.39, 0.29) is 0 Å². The minimum Gasteiger partial charge on any atom is -0.443 e. The summed E-state index contributed by atoms with van der Waals surface area (Å²) in [5.74, 6) is 0. The first-order valence-corrected chi connectivity index (χ1v) is 15.0. The predicted octanol–water partition coefficient (Wildman–Crippen LogP) is 5.68. The quantitative estimate of drug-likeness (QED) is 0.261. The summed E-state index contributed by atoms with van der Waals surface area (Å²) < 4.78 is 117. The van der Waals surface area contributed by atoms with Crippen molar-refractivity contribution in [3.63, 3.8) is 0 Å². The SMILES string of the molecule is C=C(C)c1cccc(C(C)(C)NC(=O)OCC[n+]2ccc(CCC)cc2)c1.O=S(=O)([N-]S(=O)(=O)C(F)(F)F)C(F)(F)F. The molecule has 0 aliphatic heterocycles. The van der Waals surface area contributed by atoms with Crippen LogP contribution in [-0.4, -0.2) is 40.6 Å². The van der Waals surface area contributed by atoms with Crippen LogP contribution in [-0.2, 0) is 43.3 Å². The van der Waals surface area contributed by atoms with Crippen LogP contribution in [0.4, 0.5) is 31.1 Å². The topological polar surface area (TPSA) is 125 Å². The van der Waals surface area contributed by atoms with Crippen molar-refractivity contribution in [2.24, 2.45) is 0 Å². The highest BCUT2D eigenvalue weighted by Gasteiger charge is 2.47. The first kappa shape index (κ1) is 36.8. The second kappa shape index (κ2) is 14.3. The summed E-state index contributed by atoms with van der Waals surface area (Å²) in [6.07, 6.45) is 5.86. The lowest BCUT2D eigenvalue weighted by atomic mass is 9.92. The number of aromatic nitrogens is 1. The van der Waals surface area contributed by atoms with Crippen LogP contribution in [0.3, 0.4) is 0 Å². The molecule has 1 N–H and O–H groups in total. The molecule has 0 saturated carbocycles. The second-order valence-corrected chi connectivity index (χ2v) is 12.8. The lowest BCUT2D eigenvalue weighted by Crippen LogP contribution is -2.43. The molecule has 0 aliphatic rings. The van der Waals surface area contributed by atoms with Gasteiger partial charge in [-0.1, -0.05) is 43.7 Å². The molecular weight excluding hydrogens is 616 g/mol. The van der Waals surface area contributed by atoms with Gasteiger partial charge in [-0.3, -0.25) is 0 Å². The molecule has 17 heteroatoms.